The summed E-state index contributed by atoms with van der Waals surface area (Å²) in [6.07, 6.45) is 1.04. The molecule has 0 N–H and O–H groups in total. The lowest BCUT2D eigenvalue weighted by Gasteiger charge is -2.26. The Bertz CT molecular complexity index is 515. The number of ether oxygens (including phenoxy) is 2. The number of hydrogen-bond donors (Lipinski definition) is 0. The van der Waals surface area contributed by atoms with Crippen LogP contribution in [-0.4, -0.2) is 62.1 Å². The fraction of sp³-hybridized carbons (Fsp3) is 0.588. The number of amides is 1. The molecule has 22 heavy (non-hydrogen) atoms. The molecule has 5 nitrogen and oxygen atoms in total. The van der Waals surface area contributed by atoms with Gasteiger partial charge in [0.1, 0.15) is 0 Å². The van der Waals surface area contributed by atoms with Crippen LogP contribution in [0.25, 0.3) is 0 Å². The van der Waals surface area contributed by atoms with Gasteiger partial charge >= 0.3 is 0 Å². The fourth-order valence-corrected chi connectivity index (χ4v) is 3.12. The van der Waals surface area contributed by atoms with Gasteiger partial charge in [-0.05, 0) is 37.7 Å². The molecule has 0 spiro atoms. The minimum absolute atomic E-state index is 0.0654. The molecule has 1 heterocycles. The summed E-state index contributed by atoms with van der Waals surface area (Å²) in [5.41, 5.74) is 0.651. The Kier molecular flexibility index (Phi) is 5.66. The molecule has 0 saturated carbocycles. The summed E-state index contributed by atoms with van der Waals surface area (Å²) in [6, 6.07) is 5.81. The third-order valence-corrected chi connectivity index (χ3v) is 4.41. The number of methoxy groups -OCH3 is 2. The highest BCUT2D eigenvalue weighted by Gasteiger charge is 2.29. The van der Waals surface area contributed by atoms with E-state index in [9.17, 15) is 4.79 Å². The summed E-state index contributed by atoms with van der Waals surface area (Å²) < 4.78 is 10.5. The van der Waals surface area contributed by atoms with Gasteiger partial charge in [-0.3, -0.25) is 9.69 Å². The Morgan fingerprint density at radius 2 is 1.91 bits per heavy atom. The molecule has 0 aliphatic carbocycles. The summed E-state index contributed by atoms with van der Waals surface area (Å²) in [5.74, 6) is 1.30. The molecule has 2 rings (SSSR count). The lowest BCUT2D eigenvalue weighted by atomic mass is 10.1. The summed E-state index contributed by atoms with van der Waals surface area (Å²) in [7, 11) is 3.17. The first-order valence-corrected chi connectivity index (χ1v) is 7.89. The van der Waals surface area contributed by atoms with Crippen molar-refractivity contribution in [1.29, 1.82) is 0 Å². The van der Waals surface area contributed by atoms with Crippen molar-refractivity contribution in [3.8, 4) is 11.5 Å². The summed E-state index contributed by atoms with van der Waals surface area (Å²) in [4.78, 5) is 17.0. The maximum Gasteiger partial charge on any atom is 0.254 e. The van der Waals surface area contributed by atoms with Crippen LogP contribution < -0.4 is 9.47 Å². The predicted octanol–water partition coefficient (Wildman–Crippen LogP) is 2.26. The van der Waals surface area contributed by atoms with E-state index in [1.807, 2.05) is 4.90 Å². The summed E-state index contributed by atoms with van der Waals surface area (Å²) >= 11 is 0. The topological polar surface area (TPSA) is 42.0 Å². The Labute approximate surface area is 132 Å². The average molecular weight is 306 g/mol. The third kappa shape index (κ3) is 3.35. The third-order valence-electron chi connectivity index (χ3n) is 4.41. The van der Waals surface area contributed by atoms with Gasteiger partial charge in [-0.25, -0.2) is 0 Å². The molecule has 1 saturated heterocycles. The molecule has 0 bridgehead atoms. The van der Waals surface area contributed by atoms with E-state index in [4.69, 9.17) is 9.47 Å². The van der Waals surface area contributed by atoms with Gasteiger partial charge in [0.25, 0.3) is 5.91 Å². The Morgan fingerprint density at radius 3 is 2.50 bits per heavy atom. The molecule has 1 aliphatic heterocycles. The van der Waals surface area contributed by atoms with E-state index in [-0.39, 0.29) is 5.91 Å². The maximum absolute atomic E-state index is 12.7. The molecule has 1 atom stereocenters. The van der Waals surface area contributed by atoms with Crippen LogP contribution in [0, 0.1) is 0 Å². The zero-order valence-electron chi connectivity index (χ0n) is 14.0. The Balaban J connectivity index is 2.09. The van der Waals surface area contributed by atoms with E-state index in [2.05, 4.69) is 18.7 Å². The van der Waals surface area contributed by atoms with Gasteiger partial charge in [-0.2, -0.15) is 0 Å². The van der Waals surface area contributed by atoms with Crippen molar-refractivity contribution in [2.45, 2.75) is 26.3 Å². The first-order chi connectivity index (χ1) is 10.6. The van der Waals surface area contributed by atoms with E-state index in [1.54, 1.807) is 32.4 Å². The van der Waals surface area contributed by atoms with E-state index in [0.717, 1.165) is 32.6 Å². The van der Waals surface area contributed by atoms with E-state index in [1.165, 1.54) is 0 Å². The van der Waals surface area contributed by atoms with Crippen LogP contribution in [0.15, 0.2) is 18.2 Å². The number of likely N-dealkylation sites (tertiary alicyclic amines) is 1. The standard InChI is InChI=1S/C17H26N2O3/c1-5-18(6-2)14-9-10-19(12-14)17(20)13-7-8-15(21-3)16(11-13)22-4/h7-8,11,14H,5-6,9-10,12H2,1-4H3. The van der Waals surface area contributed by atoms with Crippen molar-refractivity contribution < 1.29 is 14.3 Å². The average Bonchev–Trinajstić information content (AvgIpc) is 3.04. The second-order valence-electron chi connectivity index (χ2n) is 5.48. The highest BCUT2D eigenvalue weighted by Crippen LogP contribution is 2.28. The van der Waals surface area contributed by atoms with Gasteiger partial charge in [0.2, 0.25) is 0 Å². The van der Waals surface area contributed by atoms with Gasteiger partial charge in [0.05, 0.1) is 14.2 Å². The molecule has 0 radical (unpaired) electrons. The fourth-order valence-electron chi connectivity index (χ4n) is 3.12. The maximum atomic E-state index is 12.7. The van der Waals surface area contributed by atoms with Crippen molar-refractivity contribution in [1.82, 2.24) is 9.80 Å². The molecule has 1 unspecified atom stereocenters. The second-order valence-corrected chi connectivity index (χ2v) is 5.48. The molecule has 1 amide bonds. The molecule has 0 aromatic heterocycles. The predicted molar refractivity (Wildman–Crippen MR) is 86.8 cm³/mol. The number of benzene rings is 1. The zero-order chi connectivity index (χ0) is 16.1. The molecule has 1 fully saturated rings. The normalized spacial score (nSPS) is 17.9. The number of nitrogens with zero attached hydrogens (tertiary/aromatic N) is 2. The molecular formula is C17H26N2O3. The molecule has 5 heteroatoms. The van der Waals surface area contributed by atoms with Crippen molar-refractivity contribution in [3.63, 3.8) is 0 Å². The highest BCUT2D eigenvalue weighted by molar-refractivity contribution is 5.95. The van der Waals surface area contributed by atoms with Gasteiger partial charge in [-0.1, -0.05) is 13.8 Å². The van der Waals surface area contributed by atoms with Crippen LogP contribution in [0.3, 0.4) is 0 Å². The number of rotatable bonds is 6. The van der Waals surface area contributed by atoms with Gasteiger partial charge in [0, 0.05) is 24.7 Å². The number of hydrogen-bond acceptors (Lipinski definition) is 4. The smallest absolute Gasteiger partial charge is 0.254 e. The SMILES string of the molecule is CCN(CC)C1CCN(C(=O)c2ccc(OC)c(OC)c2)C1. The van der Waals surface area contributed by atoms with Crippen LogP contribution in [0.1, 0.15) is 30.6 Å². The van der Waals surface area contributed by atoms with Crippen LogP contribution in [0.4, 0.5) is 0 Å². The first-order valence-electron chi connectivity index (χ1n) is 7.89. The summed E-state index contributed by atoms with van der Waals surface area (Å²) in [5, 5.41) is 0. The van der Waals surface area contributed by atoms with Crippen LogP contribution >= 0.6 is 0 Å². The minimum atomic E-state index is 0.0654. The van der Waals surface area contributed by atoms with Crippen LogP contribution in [-0.2, 0) is 0 Å². The molecule has 1 aromatic carbocycles. The monoisotopic (exact) mass is 306 g/mol. The summed E-state index contributed by atoms with van der Waals surface area (Å²) in [6.45, 7) is 8.01. The Morgan fingerprint density at radius 1 is 1.23 bits per heavy atom. The number of likely N-dealkylation sites (N-methyl/N-ethyl adjacent to an activating group) is 1. The second kappa shape index (κ2) is 7.49. The Hall–Kier alpha value is -1.75. The van der Waals surface area contributed by atoms with Crippen molar-refractivity contribution in [2.24, 2.45) is 0 Å². The highest BCUT2D eigenvalue weighted by atomic mass is 16.5. The first kappa shape index (κ1) is 16.6. The van der Waals surface area contributed by atoms with Crippen LogP contribution in [0.5, 0.6) is 11.5 Å². The molecular weight excluding hydrogens is 280 g/mol. The molecule has 1 aliphatic rings. The van der Waals surface area contributed by atoms with Gasteiger partial charge in [0.15, 0.2) is 11.5 Å². The van der Waals surface area contributed by atoms with Gasteiger partial charge < -0.3 is 14.4 Å². The van der Waals surface area contributed by atoms with Crippen molar-refractivity contribution >= 4 is 5.91 Å². The largest absolute Gasteiger partial charge is 0.493 e. The van der Waals surface area contributed by atoms with Crippen molar-refractivity contribution in [2.75, 3.05) is 40.4 Å². The number of carbonyl (C=O) groups is 1. The molecule has 122 valence electrons. The zero-order valence-corrected chi connectivity index (χ0v) is 14.0. The number of carbonyl (C=O) groups excluding carboxylic acids is 1. The lowest BCUT2D eigenvalue weighted by molar-refractivity contribution is 0.0777. The van der Waals surface area contributed by atoms with E-state index < -0.39 is 0 Å². The molecule has 1 aromatic rings. The minimum Gasteiger partial charge on any atom is -0.493 e. The lowest BCUT2D eigenvalue weighted by Crippen LogP contribution is -2.38. The van der Waals surface area contributed by atoms with Crippen LogP contribution in [0.2, 0.25) is 0 Å². The van der Waals surface area contributed by atoms with E-state index >= 15 is 0 Å². The van der Waals surface area contributed by atoms with E-state index in [0.29, 0.717) is 23.1 Å². The quantitative estimate of drug-likeness (QED) is 0.808. The van der Waals surface area contributed by atoms with Crippen molar-refractivity contribution in [3.05, 3.63) is 23.8 Å². The van der Waals surface area contributed by atoms with Gasteiger partial charge in [-0.15, -0.1) is 0 Å².